The van der Waals surface area contributed by atoms with E-state index < -0.39 is 320 Å². The molecule has 0 aromatic heterocycles. The van der Waals surface area contributed by atoms with Crippen molar-refractivity contribution in [2.45, 2.75) is 295 Å². The predicted molar refractivity (Wildman–Crippen MR) is 375 cm³/mol. The van der Waals surface area contributed by atoms with E-state index in [1.165, 1.54) is 26.8 Å². The standard InChI is InChI=1S/C77H100O35/c1-12-18-73(95)70(110-38-16-14-34(79)26(4)103-38)59(90)62(108-40-22-35(80)51(82)28(6)105-40)33-21-31-20-32-43(53(84)42(31)67(92)76(33,73)97)54(85)47(65(101-11)61(32)99-9)46-55(86)44-45(58(89)64(46)100-10)56(87)48-49(57(44)88)68(93)77(98)50-63(48)112-74(77,19-13-2)71(60(91)66(50)109-41-23-36(81)52(83)29(7)106-41)111-39-17-15-37(27(5)104-39)107-72-69(94)75(96,30(8)78)25(3)24-102-72/h20,25-29,33-41,50-52,59-60,62-63,66,69-72,79-85,87-88,90-91,94-98H,12-19,21-24H2,1-11H3/t25?,26-,27-,28+,29+,33+,34+,35-,36-,37+,38+,39+,40+,41+,50+,51+,52+,59+,60+,62-,63-,66-,69?,70-,71-,72?,73-,74-,75?,76+,77+/m0/s1. The Morgan fingerprint density at radius 3 is 1.68 bits per heavy atom. The lowest BCUT2D eigenvalue weighted by Gasteiger charge is -2.60. The molecular weight excluding hydrogens is 1480 g/mol. The lowest BCUT2D eigenvalue weighted by Crippen LogP contribution is -2.80. The van der Waals surface area contributed by atoms with Gasteiger partial charge in [0, 0.05) is 48.5 Å². The zero-order chi connectivity index (χ0) is 81.3. The van der Waals surface area contributed by atoms with Crippen LogP contribution in [0.15, 0.2) is 11.8 Å². The second-order valence-corrected chi connectivity index (χ2v) is 31.9. The number of allylic oxidation sites excluding steroid dienone is 2. The third-order valence-electron chi connectivity index (χ3n) is 25.7. The van der Waals surface area contributed by atoms with Gasteiger partial charge in [-0.15, -0.1) is 0 Å². The van der Waals surface area contributed by atoms with Gasteiger partial charge < -0.3 is 148 Å². The first-order valence-corrected chi connectivity index (χ1v) is 38.1. The first kappa shape index (κ1) is 82.2. The smallest absolute Gasteiger partial charge is 0.232 e. The molecule has 16 N–H and O–H groups in total. The van der Waals surface area contributed by atoms with Crippen LogP contribution >= 0.6 is 0 Å². The van der Waals surface area contributed by atoms with Crippen LogP contribution in [0, 0.1) is 17.8 Å². The molecule has 14 rings (SSSR count). The molecule has 3 aromatic carbocycles. The summed E-state index contributed by atoms with van der Waals surface area (Å²) in [6, 6.07) is 1.24. The highest BCUT2D eigenvalue weighted by molar-refractivity contribution is 6.43. The maximum absolute atomic E-state index is 16.3. The molecule has 618 valence electrons. The molecule has 3 aromatic rings. The van der Waals surface area contributed by atoms with Gasteiger partial charge in [-0.25, -0.2) is 0 Å². The molecule has 0 spiro atoms. The molecule has 0 radical (unpaired) electrons. The van der Waals surface area contributed by atoms with Crippen molar-refractivity contribution in [3.05, 3.63) is 50.8 Å². The highest BCUT2D eigenvalue weighted by Gasteiger charge is 2.82. The van der Waals surface area contributed by atoms with Crippen LogP contribution in [0.5, 0.6) is 34.5 Å². The summed E-state index contributed by atoms with van der Waals surface area (Å²) < 4.78 is 86.8. The third-order valence-corrected chi connectivity index (χ3v) is 25.7. The van der Waals surface area contributed by atoms with Crippen LogP contribution in [0.4, 0.5) is 0 Å². The molecular formula is C77H100O35. The van der Waals surface area contributed by atoms with Gasteiger partial charge in [0.2, 0.25) is 23.1 Å². The number of rotatable bonds is 19. The van der Waals surface area contributed by atoms with Gasteiger partial charge in [-0.1, -0.05) is 33.6 Å². The lowest BCUT2D eigenvalue weighted by atomic mass is 9.53. The molecule has 6 heterocycles. The van der Waals surface area contributed by atoms with E-state index in [-0.39, 0.29) is 68.9 Å². The van der Waals surface area contributed by atoms with Crippen LogP contribution in [0.1, 0.15) is 184 Å². The fraction of sp³-hybridized carbons (Fsp3) is 0.701. The molecule has 35 heteroatoms. The molecule has 31 atom stereocenters. The number of aliphatic hydroxyl groups is 12. The largest absolute Gasteiger partial charge is 0.507 e. The summed E-state index contributed by atoms with van der Waals surface area (Å²) in [5.41, 5.74) is -20.4. The molecule has 8 fully saturated rings. The Morgan fingerprint density at radius 1 is 0.554 bits per heavy atom. The van der Waals surface area contributed by atoms with E-state index in [9.17, 15) is 86.5 Å². The van der Waals surface area contributed by atoms with E-state index in [0.717, 1.165) is 28.3 Å². The number of aliphatic hydroxyl groups excluding tert-OH is 8. The number of carbonyl (C=O) groups is 5. The summed E-state index contributed by atoms with van der Waals surface area (Å²) >= 11 is 0. The lowest BCUT2D eigenvalue weighted by molar-refractivity contribution is -0.355. The summed E-state index contributed by atoms with van der Waals surface area (Å²) in [4.78, 5) is 76.9. The van der Waals surface area contributed by atoms with Crippen molar-refractivity contribution in [1.29, 1.82) is 0 Å². The first-order chi connectivity index (χ1) is 52.8. The first-order valence-electron chi connectivity index (χ1n) is 38.1. The van der Waals surface area contributed by atoms with Crippen LogP contribution in [-0.2, 0) is 68.1 Å². The summed E-state index contributed by atoms with van der Waals surface area (Å²) in [6.07, 6.45) is -36.1. The quantitative estimate of drug-likeness (QED) is 0.0721. The zero-order valence-electron chi connectivity index (χ0n) is 63.5. The average Bonchev–Trinajstić information content (AvgIpc) is 1.52. The van der Waals surface area contributed by atoms with Crippen molar-refractivity contribution in [1.82, 2.24) is 0 Å². The summed E-state index contributed by atoms with van der Waals surface area (Å²) in [6.45, 7) is 11.7. The minimum absolute atomic E-state index is 0.000487. The fourth-order valence-electron chi connectivity index (χ4n) is 19.9. The molecule has 2 saturated carbocycles. The molecule has 112 heavy (non-hydrogen) atoms. The Bertz CT molecular complexity index is 4260. The highest BCUT2D eigenvalue weighted by atomic mass is 16.7. The minimum Gasteiger partial charge on any atom is -0.507 e. The van der Waals surface area contributed by atoms with Gasteiger partial charge in [-0.3, -0.25) is 24.0 Å². The molecule has 35 nitrogen and oxygen atoms in total. The number of methoxy groups -OCH3 is 3. The number of ether oxygens (including phenoxy) is 14. The predicted octanol–water partition coefficient (Wildman–Crippen LogP) is 0.360. The number of aromatic hydroxyl groups is 4. The number of Topliss-reactive ketones (excluding diaryl/α,β-unsaturated/α-hetero) is 5. The molecule has 6 aliphatic heterocycles. The highest BCUT2D eigenvalue weighted by Crippen LogP contribution is 2.69. The number of hydrogen-bond acceptors (Lipinski definition) is 35. The van der Waals surface area contributed by atoms with Crippen molar-refractivity contribution in [3.8, 4) is 34.5 Å². The fourth-order valence-corrected chi connectivity index (χ4v) is 19.9. The van der Waals surface area contributed by atoms with Gasteiger partial charge in [0.1, 0.15) is 76.9 Å². The molecule has 6 saturated heterocycles. The SMILES string of the molecule is CCC[C@@]12O[C@H]3c4c(O)c5c(c(O)c4C(=O)[C@]1(O)[C@H]3[C@H](O[C@@H]1C[C@H](O)[C@H](O)[C@@H](C)O1)[C@@H](O)[C@@H]2O[C@@H]1CC[C@@H](OC2OCC(C)C(O)(C(C)=O)C2O)[C@H](C)O1)C(=O)C(c1c(OC)c(OC)c2cc3c(c(O)c2c1O)C(=O)[C@]1(O)[C@H](C3)[C@H](O[C@@H]2C[C@H](O)[C@H](O)[C@@H](C)O2)[C@@H](O)[C@H](O[C@@H]2CC[C@@H](O)[C@H](C)O2)[C@@]1(O)CCC)=C(OC)C5=O. The van der Waals surface area contributed by atoms with E-state index >= 15 is 19.2 Å². The van der Waals surface area contributed by atoms with Crippen molar-refractivity contribution in [2.24, 2.45) is 17.8 Å². The molecule has 5 aliphatic carbocycles. The molecule has 4 unspecified atom stereocenters. The van der Waals surface area contributed by atoms with Gasteiger partial charge in [0.15, 0.2) is 71.3 Å². The molecule has 11 aliphatic rings. The van der Waals surface area contributed by atoms with Gasteiger partial charge >= 0.3 is 0 Å². The van der Waals surface area contributed by atoms with Crippen LogP contribution in [0.25, 0.3) is 16.3 Å². The average molecular weight is 1590 g/mol. The number of fused-ring (bicyclic) bond motifs is 6. The van der Waals surface area contributed by atoms with Gasteiger partial charge in [-0.05, 0) is 78.4 Å². The van der Waals surface area contributed by atoms with Gasteiger partial charge in [0.25, 0.3) is 0 Å². The van der Waals surface area contributed by atoms with Crippen LogP contribution in [0.2, 0.25) is 0 Å². The number of benzene rings is 3. The van der Waals surface area contributed by atoms with E-state index in [0.29, 0.717) is 0 Å². The number of ketones is 5. The van der Waals surface area contributed by atoms with Gasteiger partial charge in [0.05, 0.1) is 140 Å². The summed E-state index contributed by atoms with van der Waals surface area (Å²) in [7, 11) is 3.07. The minimum atomic E-state index is -3.17. The maximum atomic E-state index is 16.3. The zero-order valence-corrected chi connectivity index (χ0v) is 63.5. The Balaban J connectivity index is 0.867. The molecule has 0 amide bonds. The van der Waals surface area contributed by atoms with Crippen LogP contribution < -0.4 is 9.47 Å². The summed E-state index contributed by atoms with van der Waals surface area (Å²) in [5, 5.41) is 194. The van der Waals surface area contributed by atoms with Crippen molar-refractivity contribution in [2.75, 3.05) is 27.9 Å². The van der Waals surface area contributed by atoms with Gasteiger partial charge in [-0.2, -0.15) is 0 Å². The maximum Gasteiger partial charge on any atom is 0.232 e. The third kappa shape index (κ3) is 11.9. The van der Waals surface area contributed by atoms with E-state index in [2.05, 4.69) is 0 Å². The van der Waals surface area contributed by atoms with Crippen molar-refractivity contribution < 1.29 is 172 Å². The number of phenols is 4. The van der Waals surface area contributed by atoms with Crippen LogP contribution in [-0.4, -0.2) is 302 Å². The second-order valence-electron chi connectivity index (χ2n) is 31.9. The van der Waals surface area contributed by atoms with Crippen molar-refractivity contribution in [3.63, 3.8) is 0 Å². The monoisotopic (exact) mass is 1580 g/mol. The number of hydrogen-bond donors (Lipinski definition) is 16. The summed E-state index contributed by atoms with van der Waals surface area (Å²) in [5.74, 6) is -17.9. The Hall–Kier alpha value is -6.31. The van der Waals surface area contributed by atoms with Crippen LogP contribution in [0.3, 0.4) is 0 Å². The molecule has 4 bridgehead atoms. The second kappa shape index (κ2) is 29.7. The number of phenolic OH excluding ortho intramolecular Hbond substituents is 4. The normalized spacial score (nSPS) is 43.2. The topological polar surface area (TPSA) is 538 Å². The van der Waals surface area contributed by atoms with Crippen molar-refractivity contribution >= 4 is 45.3 Å². The number of carbonyl (C=O) groups excluding carboxylic acids is 5. The van der Waals surface area contributed by atoms with E-state index in [1.807, 2.05) is 0 Å². The van der Waals surface area contributed by atoms with E-state index in [4.69, 9.17) is 66.3 Å². The Labute approximate surface area is 641 Å². The Kier molecular flexibility index (Phi) is 21.8. The van der Waals surface area contributed by atoms with E-state index in [1.54, 1.807) is 27.7 Å². The Morgan fingerprint density at radius 2 is 1.11 bits per heavy atom.